The van der Waals surface area contributed by atoms with Gasteiger partial charge < -0.3 is 24.4 Å². The van der Waals surface area contributed by atoms with Crippen LogP contribution in [0.3, 0.4) is 0 Å². The molecule has 1 aromatic carbocycles. The van der Waals surface area contributed by atoms with E-state index in [9.17, 15) is 14.4 Å². The minimum Gasteiger partial charge on any atom is -0.452 e. The summed E-state index contributed by atoms with van der Waals surface area (Å²) < 4.78 is 10.6. The van der Waals surface area contributed by atoms with Crippen LogP contribution in [0.5, 0.6) is 0 Å². The van der Waals surface area contributed by atoms with Gasteiger partial charge >= 0.3 is 11.7 Å². The predicted octanol–water partition coefficient (Wildman–Crippen LogP) is 2.41. The SMILES string of the molecule is O=C(COC(=O)C=Cc1ccc(Br)o1)Nc1ccc2[nH]c(=O)[nH]c2c1. The molecule has 0 aliphatic carbocycles. The molecule has 0 radical (unpaired) electrons. The number of furan rings is 1. The summed E-state index contributed by atoms with van der Waals surface area (Å²) >= 11 is 3.15. The second-order valence-electron chi connectivity index (χ2n) is 4.97. The largest absolute Gasteiger partial charge is 0.452 e. The third kappa shape index (κ3) is 4.48. The van der Waals surface area contributed by atoms with Crippen molar-refractivity contribution in [1.82, 2.24) is 9.97 Å². The van der Waals surface area contributed by atoms with Gasteiger partial charge in [0.15, 0.2) is 11.3 Å². The van der Waals surface area contributed by atoms with Crippen molar-refractivity contribution in [3.63, 3.8) is 0 Å². The summed E-state index contributed by atoms with van der Waals surface area (Å²) in [7, 11) is 0. The summed E-state index contributed by atoms with van der Waals surface area (Å²) in [5, 5.41) is 2.57. The first-order valence-electron chi connectivity index (χ1n) is 7.12. The molecule has 2 heterocycles. The number of halogens is 1. The smallest absolute Gasteiger partial charge is 0.331 e. The fraction of sp³-hybridized carbons (Fsp3) is 0.0625. The fourth-order valence-electron chi connectivity index (χ4n) is 2.06. The van der Waals surface area contributed by atoms with E-state index in [1.54, 1.807) is 30.3 Å². The molecule has 128 valence electrons. The number of rotatable bonds is 5. The zero-order valence-corrected chi connectivity index (χ0v) is 14.3. The molecule has 2 aromatic heterocycles. The van der Waals surface area contributed by atoms with Gasteiger partial charge in [0.25, 0.3) is 5.91 Å². The Kier molecular flexibility index (Phi) is 4.85. The van der Waals surface area contributed by atoms with Crippen molar-refractivity contribution >= 4 is 50.6 Å². The van der Waals surface area contributed by atoms with Crippen LogP contribution < -0.4 is 11.0 Å². The monoisotopic (exact) mass is 405 g/mol. The summed E-state index contributed by atoms with van der Waals surface area (Å²) in [6.07, 6.45) is 2.59. The Morgan fingerprint density at radius 2 is 2.00 bits per heavy atom. The van der Waals surface area contributed by atoms with Crippen LogP contribution in [0, 0.1) is 0 Å². The van der Waals surface area contributed by atoms with Gasteiger partial charge in [0, 0.05) is 11.8 Å². The van der Waals surface area contributed by atoms with E-state index in [-0.39, 0.29) is 5.69 Å². The van der Waals surface area contributed by atoms with Crippen LogP contribution in [0.1, 0.15) is 5.76 Å². The van der Waals surface area contributed by atoms with Crippen LogP contribution >= 0.6 is 15.9 Å². The summed E-state index contributed by atoms with van der Waals surface area (Å²) in [5.41, 5.74) is 1.33. The van der Waals surface area contributed by atoms with Crippen molar-refractivity contribution < 1.29 is 18.7 Å². The quantitative estimate of drug-likeness (QED) is 0.445. The molecule has 0 saturated carbocycles. The maximum Gasteiger partial charge on any atom is 0.331 e. The highest BCUT2D eigenvalue weighted by atomic mass is 79.9. The Hall–Kier alpha value is -3.07. The zero-order chi connectivity index (χ0) is 17.8. The number of nitrogens with one attached hydrogen (secondary N) is 3. The number of aromatic nitrogens is 2. The van der Waals surface area contributed by atoms with E-state index in [1.165, 1.54) is 6.08 Å². The van der Waals surface area contributed by atoms with E-state index in [0.717, 1.165) is 6.08 Å². The minimum atomic E-state index is -0.673. The van der Waals surface area contributed by atoms with E-state index in [1.807, 2.05) is 0 Å². The number of hydrogen-bond donors (Lipinski definition) is 3. The average molecular weight is 406 g/mol. The summed E-state index contributed by atoms with van der Waals surface area (Å²) in [5.74, 6) is -0.699. The molecule has 0 spiro atoms. The molecular formula is C16H12BrN3O5. The highest BCUT2D eigenvalue weighted by Crippen LogP contribution is 2.15. The van der Waals surface area contributed by atoms with Crippen LogP contribution in [-0.4, -0.2) is 28.5 Å². The second-order valence-corrected chi connectivity index (χ2v) is 5.75. The van der Waals surface area contributed by atoms with Crippen LogP contribution in [-0.2, 0) is 14.3 Å². The van der Waals surface area contributed by atoms with Gasteiger partial charge in [-0.3, -0.25) is 4.79 Å². The van der Waals surface area contributed by atoms with Crippen molar-refractivity contribution in [2.75, 3.05) is 11.9 Å². The van der Waals surface area contributed by atoms with Crippen molar-refractivity contribution in [1.29, 1.82) is 0 Å². The highest BCUT2D eigenvalue weighted by molar-refractivity contribution is 9.10. The van der Waals surface area contributed by atoms with E-state index in [4.69, 9.17) is 9.15 Å². The number of fused-ring (bicyclic) bond motifs is 1. The van der Waals surface area contributed by atoms with Gasteiger partial charge in [-0.1, -0.05) is 0 Å². The lowest BCUT2D eigenvalue weighted by molar-refractivity contribution is -0.142. The summed E-state index contributed by atoms with van der Waals surface area (Å²) in [6.45, 7) is -0.438. The van der Waals surface area contributed by atoms with Gasteiger partial charge in [-0.05, 0) is 52.3 Å². The molecule has 0 aliphatic rings. The van der Waals surface area contributed by atoms with Crippen LogP contribution in [0.25, 0.3) is 17.1 Å². The average Bonchev–Trinajstić information content (AvgIpc) is 3.15. The molecular weight excluding hydrogens is 394 g/mol. The third-order valence-corrected chi connectivity index (χ3v) is 3.55. The summed E-state index contributed by atoms with van der Waals surface area (Å²) in [6, 6.07) is 8.23. The Bertz CT molecular complexity index is 1010. The number of anilines is 1. The van der Waals surface area contributed by atoms with Gasteiger partial charge in [-0.15, -0.1) is 0 Å². The van der Waals surface area contributed by atoms with Gasteiger partial charge in [0.05, 0.1) is 11.0 Å². The minimum absolute atomic E-state index is 0.331. The lowest BCUT2D eigenvalue weighted by atomic mass is 10.3. The Morgan fingerprint density at radius 3 is 2.76 bits per heavy atom. The van der Waals surface area contributed by atoms with Gasteiger partial charge in [0.2, 0.25) is 0 Å². The second kappa shape index (κ2) is 7.22. The molecule has 25 heavy (non-hydrogen) atoms. The van der Waals surface area contributed by atoms with Gasteiger partial charge in [-0.25, -0.2) is 9.59 Å². The van der Waals surface area contributed by atoms with Crippen molar-refractivity contribution in [2.45, 2.75) is 0 Å². The Morgan fingerprint density at radius 1 is 1.20 bits per heavy atom. The highest BCUT2D eigenvalue weighted by Gasteiger charge is 2.07. The molecule has 8 nitrogen and oxygen atoms in total. The molecule has 0 bridgehead atoms. The van der Waals surface area contributed by atoms with Crippen LogP contribution in [0.15, 0.2) is 50.3 Å². The molecule has 0 atom stereocenters. The van der Waals surface area contributed by atoms with E-state index in [0.29, 0.717) is 27.2 Å². The maximum atomic E-state index is 11.8. The van der Waals surface area contributed by atoms with Gasteiger partial charge in [0.1, 0.15) is 5.76 Å². The van der Waals surface area contributed by atoms with E-state index >= 15 is 0 Å². The molecule has 1 amide bonds. The number of amides is 1. The normalized spacial score (nSPS) is 11.1. The Labute approximate surface area is 149 Å². The number of carbonyl (C=O) groups excluding carboxylic acids is 2. The standard InChI is InChI=1S/C16H12BrN3O5/c17-13-5-2-10(25-13)3-6-15(22)24-8-14(21)18-9-1-4-11-12(7-9)20-16(23)19-11/h1-7H,8H2,(H,18,21)(H2,19,20,23). The predicted molar refractivity (Wildman–Crippen MR) is 94.0 cm³/mol. The molecule has 0 unspecified atom stereocenters. The third-order valence-electron chi connectivity index (χ3n) is 3.12. The number of H-pyrrole nitrogens is 2. The first-order chi connectivity index (χ1) is 12.0. The van der Waals surface area contributed by atoms with E-state index < -0.39 is 18.5 Å². The number of esters is 1. The molecule has 0 fully saturated rings. The zero-order valence-electron chi connectivity index (χ0n) is 12.7. The summed E-state index contributed by atoms with van der Waals surface area (Å²) in [4.78, 5) is 39.8. The van der Waals surface area contributed by atoms with Crippen molar-refractivity contribution in [2.24, 2.45) is 0 Å². The number of aromatic amines is 2. The lowest BCUT2D eigenvalue weighted by Crippen LogP contribution is -2.20. The number of carbonyl (C=O) groups is 2. The number of ether oxygens (including phenoxy) is 1. The Balaban J connectivity index is 1.52. The number of hydrogen-bond acceptors (Lipinski definition) is 5. The number of imidazole rings is 1. The first kappa shape index (κ1) is 16.8. The molecule has 3 N–H and O–H groups in total. The molecule has 0 saturated heterocycles. The van der Waals surface area contributed by atoms with Gasteiger partial charge in [-0.2, -0.15) is 0 Å². The lowest BCUT2D eigenvalue weighted by Gasteiger charge is -2.05. The first-order valence-corrected chi connectivity index (χ1v) is 7.91. The molecule has 3 rings (SSSR count). The molecule has 9 heteroatoms. The van der Waals surface area contributed by atoms with Crippen molar-refractivity contribution in [3.05, 3.63) is 57.3 Å². The maximum absolute atomic E-state index is 11.8. The fourth-order valence-corrected chi connectivity index (χ4v) is 2.38. The number of benzene rings is 1. The van der Waals surface area contributed by atoms with E-state index in [2.05, 4.69) is 31.2 Å². The molecule has 3 aromatic rings. The van der Waals surface area contributed by atoms with Crippen LogP contribution in [0.2, 0.25) is 0 Å². The molecule has 0 aliphatic heterocycles. The van der Waals surface area contributed by atoms with Crippen molar-refractivity contribution in [3.8, 4) is 0 Å². The van der Waals surface area contributed by atoms with Crippen LogP contribution in [0.4, 0.5) is 5.69 Å². The topological polar surface area (TPSA) is 117 Å².